The number of rotatable bonds is 6. The van der Waals surface area contributed by atoms with Crippen molar-refractivity contribution in [2.24, 2.45) is 0 Å². The second-order valence-electron chi connectivity index (χ2n) is 12.3. The van der Waals surface area contributed by atoms with Crippen LogP contribution in [0.25, 0.3) is 49.7 Å². The lowest BCUT2D eigenvalue weighted by Gasteiger charge is -2.25. The maximum Gasteiger partial charge on any atom is 0.417 e. The van der Waals surface area contributed by atoms with Gasteiger partial charge < -0.3 is 9.47 Å². The number of nitrogens with zero attached hydrogens (tertiary/aromatic N) is 3. The van der Waals surface area contributed by atoms with E-state index in [1.807, 2.05) is 72.9 Å². The van der Waals surface area contributed by atoms with Crippen LogP contribution in [0.1, 0.15) is 11.1 Å². The highest BCUT2D eigenvalue weighted by Crippen LogP contribution is 2.43. The van der Waals surface area contributed by atoms with Crippen LogP contribution in [0, 0.1) is 0 Å². The third-order valence-corrected chi connectivity index (χ3v) is 9.14. The summed E-state index contributed by atoms with van der Waals surface area (Å²) in [6, 6.07) is 45.5. The van der Waals surface area contributed by atoms with Crippen LogP contribution in [0.4, 0.5) is 43.4 Å². The number of alkyl halides is 6. The van der Waals surface area contributed by atoms with Gasteiger partial charge >= 0.3 is 12.4 Å². The van der Waals surface area contributed by atoms with E-state index >= 15 is 0 Å². The Bertz CT molecular complexity index is 2480. The van der Waals surface area contributed by atoms with Crippen LogP contribution in [-0.4, -0.2) is 9.55 Å². The van der Waals surface area contributed by atoms with Crippen molar-refractivity contribution in [3.63, 3.8) is 0 Å². The molecule has 6 aromatic carbocycles. The van der Waals surface area contributed by atoms with Gasteiger partial charge in [-0.3, -0.25) is 4.98 Å². The Morgan fingerprint density at radius 1 is 0.442 bits per heavy atom. The highest BCUT2D eigenvalue weighted by atomic mass is 19.4. The molecule has 52 heavy (non-hydrogen) atoms. The van der Waals surface area contributed by atoms with E-state index in [1.165, 1.54) is 0 Å². The number of benzene rings is 6. The molecule has 0 unspecified atom stereocenters. The van der Waals surface area contributed by atoms with Crippen molar-refractivity contribution in [2.45, 2.75) is 12.4 Å². The van der Waals surface area contributed by atoms with Gasteiger partial charge in [-0.15, -0.1) is 0 Å². The maximum absolute atomic E-state index is 13.5. The average Bonchev–Trinajstić information content (AvgIpc) is 3.49. The van der Waals surface area contributed by atoms with E-state index in [4.69, 9.17) is 0 Å². The maximum atomic E-state index is 13.5. The summed E-state index contributed by atoms with van der Waals surface area (Å²) < 4.78 is 82.6. The van der Waals surface area contributed by atoms with Gasteiger partial charge in [0.25, 0.3) is 0 Å². The van der Waals surface area contributed by atoms with Gasteiger partial charge in [-0.25, -0.2) is 0 Å². The summed E-state index contributed by atoms with van der Waals surface area (Å²) >= 11 is 0. The van der Waals surface area contributed by atoms with Gasteiger partial charge in [-0.05, 0) is 95.1 Å². The fraction of sp³-hybridized carbons (Fsp3) is 0.0465. The fourth-order valence-corrected chi connectivity index (χ4v) is 6.74. The minimum absolute atomic E-state index is 0.0434. The van der Waals surface area contributed by atoms with E-state index in [1.54, 1.807) is 30.5 Å². The van der Waals surface area contributed by atoms with Crippen LogP contribution in [0.2, 0.25) is 0 Å². The van der Waals surface area contributed by atoms with E-state index in [9.17, 15) is 26.3 Å². The minimum atomic E-state index is -5.15. The van der Waals surface area contributed by atoms with Crippen LogP contribution in [-0.2, 0) is 12.4 Å². The summed E-state index contributed by atoms with van der Waals surface area (Å²) in [6.07, 6.45) is -6.63. The first-order valence-electron chi connectivity index (χ1n) is 16.3. The molecule has 0 bridgehead atoms. The molecule has 8 aromatic rings. The minimum Gasteiger partial charge on any atom is -0.310 e. The van der Waals surface area contributed by atoms with Crippen molar-refractivity contribution in [2.75, 3.05) is 4.90 Å². The number of hydrogen-bond donors (Lipinski definition) is 0. The molecule has 2 aromatic heterocycles. The van der Waals surface area contributed by atoms with Crippen LogP contribution in [0.5, 0.6) is 0 Å². The van der Waals surface area contributed by atoms with Gasteiger partial charge in [0.05, 0.1) is 22.2 Å². The van der Waals surface area contributed by atoms with Crippen molar-refractivity contribution in [1.82, 2.24) is 9.55 Å². The third kappa shape index (κ3) is 6.04. The summed E-state index contributed by atoms with van der Waals surface area (Å²) in [4.78, 5) is 6.66. The summed E-state index contributed by atoms with van der Waals surface area (Å²) in [7, 11) is 0. The molecule has 0 amide bonds. The lowest BCUT2D eigenvalue weighted by molar-refractivity contribution is -0.162. The summed E-state index contributed by atoms with van der Waals surface area (Å²) in [5, 5.41) is 2.03. The smallest absolute Gasteiger partial charge is 0.310 e. The number of pyridine rings is 1. The molecule has 8 rings (SSSR count). The van der Waals surface area contributed by atoms with E-state index in [0.717, 1.165) is 61.7 Å². The zero-order chi connectivity index (χ0) is 36.0. The zero-order valence-corrected chi connectivity index (χ0v) is 27.2. The van der Waals surface area contributed by atoms with Crippen molar-refractivity contribution in [3.8, 4) is 27.9 Å². The normalized spacial score (nSPS) is 12.0. The molecular formula is C43H27F6N3. The summed E-state index contributed by atoms with van der Waals surface area (Å²) in [5.41, 5.74) is 4.64. The zero-order valence-electron chi connectivity index (χ0n) is 27.2. The van der Waals surface area contributed by atoms with Gasteiger partial charge in [0.2, 0.25) is 0 Å². The molecule has 0 spiro atoms. The molecule has 0 aliphatic carbocycles. The number of anilines is 3. The predicted octanol–water partition coefficient (Wildman–Crippen LogP) is 13.0. The second kappa shape index (κ2) is 12.8. The Hall–Kier alpha value is -6.35. The van der Waals surface area contributed by atoms with Crippen molar-refractivity contribution in [3.05, 3.63) is 175 Å². The van der Waals surface area contributed by atoms with Gasteiger partial charge in [-0.2, -0.15) is 26.3 Å². The number of halogens is 6. The van der Waals surface area contributed by atoms with Crippen LogP contribution in [0.15, 0.2) is 164 Å². The van der Waals surface area contributed by atoms with Crippen LogP contribution >= 0.6 is 0 Å². The first-order valence-corrected chi connectivity index (χ1v) is 16.3. The number of hydrogen-bond acceptors (Lipinski definition) is 2. The third-order valence-electron chi connectivity index (χ3n) is 9.14. The largest absolute Gasteiger partial charge is 0.417 e. The lowest BCUT2D eigenvalue weighted by atomic mass is 9.96. The Morgan fingerprint density at radius 3 is 1.54 bits per heavy atom. The number of aromatic nitrogens is 2. The first-order chi connectivity index (χ1) is 25.1. The molecule has 0 fully saturated rings. The summed E-state index contributed by atoms with van der Waals surface area (Å²) in [5.74, 6) is 0. The SMILES string of the molecule is FC(F)(F)c1ccc(-c2ccc(-c3ccc(-n4c5ccncc5c5cc(N(c6ccccc6)c6ccccc6)ccc54)cc3)cc2)cc1C(F)(F)F. The highest BCUT2D eigenvalue weighted by molar-refractivity contribution is 6.10. The van der Waals surface area contributed by atoms with Crippen LogP contribution < -0.4 is 4.90 Å². The van der Waals surface area contributed by atoms with Gasteiger partial charge in [0.15, 0.2) is 0 Å². The molecule has 0 atom stereocenters. The van der Waals surface area contributed by atoms with Crippen molar-refractivity contribution < 1.29 is 26.3 Å². The lowest BCUT2D eigenvalue weighted by Crippen LogP contribution is -2.16. The molecule has 0 saturated heterocycles. The first kappa shape index (κ1) is 32.8. The molecule has 9 heteroatoms. The molecule has 0 aliphatic heterocycles. The monoisotopic (exact) mass is 699 g/mol. The van der Waals surface area contributed by atoms with Gasteiger partial charge in [-0.1, -0.05) is 78.9 Å². The van der Waals surface area contributed by atoms with E-state index in [0.29, 0.717) is 17.7 Å². The molecular weight excluding hydrogens is 672 g/mol. The molecule has 0 saturated carbocycles. The van der Waals surface area contributed by atoms with Gasteiger partial charge in [0.1, 0.15) is 0 Å². The second-order valence-corrected chi connectivity index (χ2v) is 12.3. The Balaban J connectivity index is 1.14. The molecule has 2 heterocycles. The summed E-state index contributed by atoms with van der Waals surface area (Å²) in [6.45, 7) is 0. The Morgan fingerprint density at radius 2 is 0.962 bits per heavy atom. The van der Waals surface area contributed by atoms with Crippen LogP contribution in [0.3, 0.4) is 0 Å². The average molecular weight is 700 g/mol. The predicted molar refractivity (Wildman–Crippen MR) is 194 cm³/mol. The molecule has 0 radical (unpaired) electrons. The number of fused-ring (bicyclic) bond motifs is 3. The highest BCUT2D eigenvalue weighted by Gasteiger charge is 2.43. The molecule has 0 N–H and O–H groups in total. The topological polar surface area (TPSA) is 21.1 Å². The quantitative estimate of drug-likeness (QED) is 0.161. The number of para-hydroxylation sites is 2. The van der Waals surface area contributed by atoms with Crippen molar-refractivity contribution in [1.29, 1.82) is 0 Å². The Kier molecular flexibility index (Phi) is 8.06. The molecule has 3 nitrogen and oxygen atoms in total. The Labute approximate surface area is 294 Å². The molecule has 0 aliphatic rings. The fourth-order valence-electron chi connectivity index (χ4n) is 6.74. The standard InChI is InChI=1S/C43H27F6N3/c44-42(45,46)38-21-17-31(25-39(38)43(47,48)49)30-13-11-28(12-14-30)29-15-18-34(19-16-29)52-40-22-20-35(26-36(40)37-27-50-24-23-41(37)52)51(32-7-3-1-4-8-32)33-9-5-2-6-10-33/h1-27H. The van der Waals surface area contributed by atoms with E-state index in [-0.39, 0.29) is 5.56 Å². The van der Waals surface area contributed by atoms with E-state index in [2.05, 4.69) is 56.9 Å². The molecule has 256 valence electrons. The van der Waals surface area contributed by atoms with Crippen molar-refractivity contribution >= 4 is 38.9 Å². The van der Waals surface area contributed by atoms with E-state index < -0.39 is 23.5 Å². The van der Waals surface area contributed by atoms with Gasteiger partial charge in [0, 0.05) is 45.9 Å².